The highest BCUT2D eigenvalue weighted by atomic mass is 32.2. The maximum absolute atomic E-state index is 11.7. The third-order valence-electron chi connectivity index (χ3n) is 3.33. The van der Waals surface area contributed by atoms with Crippen LogP contribution in [0.4, 0.5) is 11.4 Å². The predicted octanol–water partition coefficient (Wildman–Crippen LogP) is 0.500. The molecule has 4 N–H and O–H groups in total. The zero-order valence-corrected chi connectivity index (χ0v) is 12.9. The van der Waals surface area contributed by atoms with E-state index in [0.29, 0.717) is 11.5 Å². The lowest BCUT2D eigenvalue weighted by atomic mass is 10.1. The second-order valence-electron chi connectivity index (χ2n) is 4.73. The number of benzene rings is 1. The summed E-state index contributed by atoms with van der Waals surface area (Å²) in [7, 11) is -2.87. The number of nitrogens with two attached hydrogens (primary N) is 1. The van der Waals surface area contributed by atoms with Crippen molar-refractivity contribution in [2.45, 2.75) is 23.8 Å². The van der Waals surface area contributed by atoms with Crippen molar-refractivity contribution in [1.29, 1.82) is 0 Å². The average molecular weight is 317 g/mol. The molecule has 0 aromatic heterocycles. The van der Waals surface area contributed by atoms with Crippen LogP contribution in [0.1, 0.15) is 12.8 Å². The molecule has 1 heterocycles. The van der Waals surface area contributed by atoms with Crippen molar-refractivity contribution in [3.63, 3.8) is 0 Å². The lowest BCUT2D eigenvalue weighted by Crippen LogP contribution is -2.29. The highest BCUT2D eigenvalue weighted by molar-refractivity contribution is 7.89. The fourth-order valence-electron chi connectivity index (χ4n) is 2.17. The molecule has 0 atom stereocenters. The van der Waals surface area contributed by atoms with E-state index in [1.54, 1.807) is 12.1 Å². The molecule has 112 valence electrons. The van der Waals surface area contributed by atoms with Gasteiger partial charge in [-0.2, -0.15) is 0 Å². The van der Waals surface area contributed by atoms with Crippen molar-refractivity contribution in [3.05, 3.63) is 18.2 Å². The van der Waals surface area contributed by atoms with Gasteiger partial charge in [0.2, 0.25) is 10.0 Å². The van der Waals surface area contributed by atoms with Gasteiger partial charge in [-0.1, -0.05) is 0 Å². The third-order valence-corrected chi connectivity index (χ3v) is 6.20. The van der Waals surface area contributed by atoms with Crippen LogP contribution in [0.2, 0.25) is 0 Å². The first-order valence-corrected chi connectivity index (χ1v) is 9.34. The van der Waals surface area contributed by atoms with Crippen molar-refractivity contribution >= 4 is 32.2 Å². The predicted molar refractivity (Wildman–Crippen MR) is 81.6 cm³/mol. The van der Waals surface area contributed by atoms with Crippen LogP contribution >= 0.6 is 0 Å². The Hall–Kier alpha value is -1.12. The Bertz CT molecular complexity index is 606. The monoisotopic (exact) mass is 317 g/mol. The van der Waals surface area contributed by atoms with Crippen LogP contribution in [0.3, 0.4) is 0 Å². The van der Waals surface area contributed by atoms with Gasteiger partial charge >= 0.3 is 0 Å². The maximum atomic E-state index is 11.7. The van der Waals surface area contributed by atoms with Gasteiger partial charge in [-0.15, -0.1) is 0 Å². The van der Waals surface area contributed by atoms with Crippen molar-refractivity contribution in [2.75, 3.05) is 29.6 Å². The summed E-state index contributed by atoms with van der Waals surface area (Å²) in [5, 5.41) is 3.31. The number of nitrogen functional groups attached to an aromatic ring is 1. The topological polar surface area (TPSA) is 101 Å². The summed E-state index contributed by atoms with van der Waals surface area (Å²) in [5.74, 6) is 1.42. The summed E-state index contributed by atoms with van der Waals surface area (Å²) < 4.78 is 37.0. The Morgan fingerprint density at radius 3 is 2.50 bits per heavy atom. The summed E-state index contributed by atoms with van der Waals surface area (Å²) >= 11 is 0. The largest absolute Gasteiger partial charge is 0.398 e. The first-order valence-electron chi connectivity index (χ1n) is 6.37. The summed E-state index contributed by atoms with van der Waals surface area (Å²) in [4.78, 5) is 0.0790. The summed E-state index contributed by atoms with van der Waals surface area (Å²) in [5.41, 5.74) is 6.80. The minimum Gasteiger partial charge on any atom is -0.398 e. The zero-order chi connectivity index (χ0) is 14.8. The van der Waals surface area contributed by atoms with Gasteiger partial charge < -0.3 is 11.1 Å². The molecule has 1 saturated heterocycles. The molecule has 0 radical (unpaired) electrons. The molecule has 0 amide bonds. The molecular weight excluding hydrogens is 298 g/mol. The second kappa shape index (κ2) is 6.11. The standard InChI is InChI=1S/C12H19N3O3S2/c1-14-20(17,18)12-3-2-10(8-11(12)13)15-9-4-6-19(16)7-5-9/h2-3,8-9,14-15H,4-7,13H2,1H3. The van der Waals surface area contributed by atoms with Gasteiger partial charge in [-0.25, -0.2) is 13.1 Å². The SMILES string of the molecule is CNS(=O)(=O)c1ccc(NC2CCS(=O)CC2)cc1N. The third kappa shape index (κ3) is 3.50. The molecule has 1 aliphatic heterocycles. The summed E-state index contributed by atoms with van der Waals surface area (Å²) in [6.45, 7) is 0. The minimum absolute atomic E-state index is 0.0790. The van der Waals surface area contributed by atoms with Gasteiger partial charge in [0.25, 0.3) is 0 Å². The van der Waals surface area contributed by atoms with Crippen molar-refractivity contribution < 1.29 is 12.6 Å². The van der Waals surface area contributed by atoms with E-state index in [1.165, 1.54) is 13.1 Å². The van der Waals surface area contributed by atoms with Crippen molar-refractivity contribution in [2.24, 2.45) is 0 Å². The summed E-state index contributed by atoms with van der Waals surface area (Å²) in [6.07, 6.45) is 1.70. The van der Waals surface area contributed by atoms with E-state index in [0.717, 1.165) is 18.5 Å². The number of hydrogen-bond acceptors (Lipinski definition) is 5. The van der Waals surface area contributed by atoms with Crippen LogP contribution in [0.25, 0.3) is 0 Å². The number of hydrogen-bond donors (Lipinski definition) is 3. The molecule has 6 nitrogen and oxygen atoms in total. The van der Waals surface area contributed by atoms with Crippen LogP contribution in [0.5, 0.6) is 0 Å². The zero-order valence-electron chi connectivity index (χ0n) is 11.3. The van der Waals surface area contributed by atoms with Gasteiger partial charge in [0.15, 0.2) is 0 Å². The molecule has 8 heteroatoms. The highest BCUT2D eigenvalue weighted by Gasteiger charge is 2.19. The maximum Gasteiger partial charge on any atom is 0.242 e. The number of anilines is 2. The first-order chi connectivity index (χ1) is 9.42. The fraction of sp³-hybridized carbons (Fsp3) is 0.500. The smallest absolute Gasteiger partial charge is 0.242 e. The van der Waals surface area contributed by atoms with E-state index in [4.69, 9.17) is 5.73 Å². The number of nitrogens with one attached hydrogen (secondary N) is 2. The van der Waals surface area contributed by atoms with E-state index in [1.807, 2.05) is 0 Å². The molecule has 0 spiro atoms. The molecule has 1 fully saturated rings. The fourth-order valence-corrected chi connectivity index (χ4v) is 4.30. The highest BCUT2D eigenvalue weighted by Crippen LogP contribution is 2.24. The molecule has 1 aliphatic rings. The molecule has 0 saturated carbocycles. The molecule has 1 aromatic carbocycles. The molecule has 0 unspecified atom stereocenters. The summed E-state index contributed by atoms with van der Waals surface area (Å²) in [6, 6.07) is 5.07. The normalized spacial score (nSPS) is 23.4. The first kappa shape index (κ1) is 15.3. The van der Waals surface area contributed by atoms with Gasteiger partial charge in [0.05, 0.1) is 5.69 Å². The van der Waals surface area contributed by atoms with E-state index in [-0.39, 0.29) is 16.6 Å². The van der Waals surface area contributed by atoms with Gasteiger partial charge in [-0.05, 0) is 38.1 Å². The Kier molecular flexibility index (Phi) is 4.66. The van der Waals surface area contributed by atoms with E-state index < -0.39 is 20.8 Å². The second-order valence-corrected chi connectivity index (χ2v) is 8.28. The van der Waals surface area contributed by atoms with E-state index in [9.17, 15) is 12.6 Å². The average Bonchev–Trinajstić information content (AvgIpc) is 2.41. The van der Waals surface area contributed by atoms with Crippen LogP contribution in [0, 0.1) is 0 Å². The quantitative estimate of drug-likeness (QED) is 0.702. The molecular formula is C12H19N3O3S2. The van der Waals surface area contributed by atoms with Crippen molar-refractivity contribution in [3.8, 4) is 0 Å². The Balaban J connectivity index is 2.12. The van der Waals surface area contributed by atoms with Crippen LogP contribution < -0.4 is 15.8 Å². The molecule has 20 heavy (non-hydrogen) atoms. The number of rotatable bonds is 4. The molecule has 0 bridgehead atoms. The van der Waals surface area contributed by atoms with Gasteiger partial charge in [-0.3, -0.25) is 4.21 Å². The van der Waals surface area contributed by atoms with E-state index >= 15 is 0 Å². The lowest BCUT2D eigenvalue weighted by molar-refractivity contribution is 0.588. The van der Waals surface area contributed by atoms with E-state index in [2.05, 4.69) is 10.0 Å². The molecule has 0 aliphatic carbocycles. The van der Waals surface area contributed by atoms with Crippen LogP contribution in [0.15, 0.2) is 23.1 Å². The minimum atomic E-state index is -3.53. The number of sulfonamides is 1. The molecule has 1 aromatic rings. The Labute approximate surface area is 121 Å². The lowest BCUT2D eigenvalue weighted by Gasteiger charge is -2.24. The van der Waals surface area contributed by atoms with Crippen LogP contribution in [-0.2, 0) is 20.8 Å². The van der Waals surface area contributed by atoms with Crippen molar-refractivity contribution in [1.82, 2.24) is 4.72 Å². The Morgan fingerprint density at radius 1 is 1.30 bits per heavy atom. The van der Waals surface area contributed by atoms with Gasteiger partial charge in [0, 0.05) is 34.0 Å². The Morgan fingerprint density at radius 2 is 1.95 bits per heavy atom. The van der Waals surface area contributed by atoms with Crippen LogP contribution in [-0.4, -0.2) is 37.2 Å². The van der Waals surface area contributed by atoms with Gasteiger partial charge in [0.1, 0.15) is 4.90 Å². The molecule has 2 rings (SSSR count).